The fourth-order valence-corrected chi connectivity index (χ4v) is 2.09. The van der Waals surface area contributed by atoms with E-state index in [2.05, 4.69) is 15.9 Å². The van der Waals surface area contributed by atoms with Crippen molar-refractivity contribution in [3.05, 3.63) is 52.8 Å². The molecule has 0 heterocycles. The van der Waals surface area contributed by atoms with Gasteiger partial charge in [0.1, 0.15) is 17.3 Å². The van der Waals surface area contributed by atoms with Gasteiger partial charge in [0, 0.05) is 18.2 Å². The Balaban J connectivity index is 1.71. The van der Waals surface area contributed by atoms with Gasteiger partial charge < -0.3 is 15.2 Å². The third kappa shape index (κ3) is 4.42. The Bertz CT molecular complexity index is 578. The summed E-state index contributed by atoms with van der Waals surface area (Å²) in [6.45, 7) is 1.02. The third-order valence-corrected chi connectivity index (χ3v) is 3.19. The van der Waals surface area contributed by atoms with Crippen LogP contribution in [0.4, 0.5) is 10.1 Å². The number of ether oxygens (including phenoxy) is 2. The van der Waals surface area contributed by atoms with Gasteiger partial charge in [0.05, 0.1) is 17.7 Å². The Labute approximate surface area is 125 Å². The van der Waals surface area contributed by atoms with E-state index in [0.29, 0.717) is 29.1 Å². The summed E-state index contributed by atoms with van der Waals surface area (Å²) in [4.78, 5) is 0. The van der Waals surface area contributed by atoms with Gasteiger partial charge in [0.15, 0.2) is 0 Å². The van der Waals surface area contributed by atoms with E-state index < -0.39 is 0 Å². The van der Waals surface area contributed by atoms with Crippen LogP contribution in [0.5, 0.6) is 11.5 Å². The second-order valence-electron chi connectivity index (χ2n) is 4.20. The van der Waals surface area contributed by atoms with Gasteiger partial charge in [-0.15, -0.1) is 0 Å². The maximum absolute atomic E-state index is 12.9. The Kier molecular flexibility index (Phi) is 5.24. The molecule has 106 valence electrons. The van der Waals surface area contributed by atoms with Crippen LogP contribution in [0.25, 0.3) is 0 Å². The Morgan fingerprint density at radius 3 is 2.60 bits per heavy atom. The minimum absolute atomic E-state index is 0.297. The normalized spacial score (nSPS) is 10.3. The second-order valence-corrected chi connectivity index (χ2v) is 5.05. The molecule has 20 heavy (non-hydrogen) atoms. The molecule has 0 aliphatic carbocycles. The predicted octanol–water partition coefficient (Wildman–Crippen LogP) is 4.02. The average molecular weight is 340 g/mol. The zero-order valence-corrected chi connectivity index (χ0v) is 12.4. The number of nitrogen functional groups attached to an aromatic ring is 1. The molecule has 2 N–H and O–H groups in total. The quantitative estimate of drug-likeness (QED) is 0.638. The van der Waals surface area contributed by atoms with Crippen LogP contribution in [-0.4, -0.2) is 13.2 Å². The lowest BCUT2D eigenvalue weighted by atomic mass is 10.3. The molecule has 0 bridgehead atoms. The molecule has 2 rings (SSSR count). The number of anilines is 1. The van der Waals surface area contributed by atoms with E-state index in [9.17, 15) is 4.39 Å². The summed E-state index contributed by atoms with van der Waals surface area (Å²) in [5.74, 6) is 1.07. The Morgan fingerprint density at radius 1 is 1.05 bits per heavy atom. The van der Waals surface area contributed by atoms with Crippen LogP contribution in [0.15, 0.2) is 46.9 Å². The molecule has 2 aromatic rings. The standard InChI is InChI=1S/C15H15BrFNO2/c16-14-9-11(17)5-6-15(14)20-8-2-7-19-13-4-1-3-12(18)10-13/h1,3-6,9-10H,2,7-8,18H2. The molecule has 0 saturated carbocycles. The highest BCUT2D eigenvalue weighted by molar-refractivity contribution is 9.10. The van der Waals surface area contributed by atoms with Gasteiger partial charge in [0.25, 0.3) is 0 Å². The molecule has 0 saturated heterocycles. The summed E-state index contributed by atoms with van der Waals surface area (Å²) in [6.07, 6.45) is 0.721. The molecule has 0 radical (unpaired) electrons. The zero-order valence-electron chi connectivity index (χ0n) is 10.8. The van der Waals surface area contributed by atoms with Crippen LogP contribution in [0.3, 0.4) is 0 Å². The SMILES string of the molecule is Nc1cccc(OCCCOc2ccc(F)cc2Br)c1. The molecule has 0 unspecified atom stereocenters. The van der Waals surface area contributed by atoms with Crippen molar-refractivity contribution >= 4 is 21.6 Å². The molecule has 2 aromatic carbocycles. The van der Waals surface area contributed by atoms with E-state index in [4.69, 9.17) is 15.2 Å². The lowest BCUT2D eigenvalue weighted by molar-refractivity contribution is 0.246. The molecule has 0 aliphatic rings. The predicted molar refractivity (Wildman–Crippen MR) is 80.6 cm³/mol. The number of hydrogen-bond acceptors (Lipinski definition) is 3. The van der Waals surface area contributed by atoms with E-state index in [-0.39, 0.29) is 5.82 Å². The van der Waals surface area contributed by atoms with Crippen LogP contribution in [0, 0.1) is 5.82 Å². The third-order valence-electron chi connectivity index (χ3n) is 2.57. The van der Waals surface area contributed by atoms with Crippen molar-refractivity contribution in [3.8, 4) is 11.5 Å². The van der Waals surface area contributed by atoms with E-state index in [1.54, 1.807) is 12.1 Å². The first kappa shape index (κ1) is 14.7. The molecule has 0 fully saturated rings. The zero-order chi connectivity index (χ0) is 14.4. The molecule has 0 aliphatic heterocycles. The molecule has 3 nitrogen and oxygen atoms in total. The van der Waals surface area contributed by atoms with Crippen LogP contribution >= 0.6 is 15.9 Å². The average Bonchev–Trinajstić information content (AvgIpc) is 2.41. The minimum atomic E-state index is -0.297. The van der Waals surface area contributed by atoms with E-state index in [1.165, 1.54) is 12.1 Å². The van der Waals surface area contributed by atoms with Crippen LogP contribution in [0.1, 0.15) is 6.42 Å². The summed E-state index contributed by atoms with van der Waals surface area (Å²) in [6, 6.07) is 11.6. The molecule has 0 amide bonds. The second kappa shape index (κ2) is 7.14. The van der Waals surface area contributed by atoms with Gasteiger partial charge in [-0.1, -0.05) is 6.07 Å². The van der Waals surface area contributed by atoms with Crippen molar-refractivity contribution in [1.29, 1.82) is 0 Å². The van der Waals surface area contributed by atoms with E-state index in [1.807, 2.05) is 18.2 Å². The topological polar surface area (TPSA) is 44.5 Å². The van der Waals surface area contributed by atoms with Gasteiger partial charge >= 0.3 is 0 Å². The maximum atomic E-state index is 12.9. The van der Waals surface area contributed by atoms with Crippen molar-refractivity contribution in [3.63, 3.8) is 0 Å². The van der Waals surface area contributed by atoms with E-state index >= 15 is 0 Å². The monoisotopic (exact) mass is 339 g/mol. The van der Waals surface area contributed by atoms with Crippen molar-refractivity contribution < 1.29 is 13.9 Å². The molecule has 0 aromatic heterocycles. The smallest absolute Gasteiger partial charge is 0.133 e. The fraction of sp³-hybridized carbons (Fsp3) is 0.200. The first-order chi connectivity index (χ1) is 9.65. The number of nitrogens with two attached hydrogens (primary N) is 1. The van der Waals surface area contributed by atoms with Gasteiger partial charge in [0.2, 0.25) is 0 Å². The van der Waals surface area contributed by atoms with Crippen LogP contribution in [0.2, 0.25) is 0 Å². The van der Waals surface area contributed by atoms with Crippen molar-refractivity contribution in [1.82, 2.24) is 0 Å². The lowest BCUT2D eigenvalue weighted by Crippen LogP contribution is -2.05. The highest BCUT2D eigenvalue weighted by atomic mass is 79.9. The molecular weight excluding hydrogens is 325 g/mol. The van der Waals surface area contributed by atoms with Gasteiger partial charge in [-0.2, -0.15) is 0 Å². The number of benzene rings is 2. The van der Waals surface area contributed by atoms with E-state index in [0.717, 1.165) is 12.2 Å². The van der Waals surface area contributed by atoms with Gasteiger partial charge in [-0.25, -0.2) is 4.39 Å². The van der Waals surface area contributed by atoms with Crippen molar-refractivity contribution in [2.45, 2.75) is 6.42 Å². The number of hydrogen-bond donors (Lipinski definition) is 1. The lowest BCUT2D eigenvalue weighted by Gasteiger charge is -2.09. The highest BCUT2D eigenvalue weighted by Crippen LogP contribution is 2.25. The van der Waals surface area contributed by atoms with Crippen LogP contribution < -0.4 is 15.2 Å². The minimum Gasteiger partial charge on any atom is -0.493 e. The Morgan fingerprint density at radius 2 is 1.85 bits per heavy atom. The molecular formula is C15H15BrFNO2. The van der Waals surface area contributed by atoms with Gasteiger partial charge in [-0.3, -0.25) is 0 Å². The highest BCUT2D eigenvalue weighted by Gasteiger charge is 2.02. The molecule has 5 heteroatoms. The largest absolute Gasteiger partial charge is 0.493 e. The maximum Gasteiger partial charge on any atom is 0.133 e. The summed E-state index contributed by atoms with van der Waals surface area (Å²) in [5, 5.41) is 0. The summed E-state index contributed by atoms with van der Waals surface area (Å²) in [7, 11) is 0. The Hall–Kier alpha value is -1.75. The number of rotatable bonds is 6. The molecule has 0 spiro atoms. The van der Waals surface area contributed by atoms with Crippen LogP contribution in [-0.2, 0) is 0 Å². The first-order valence-corrected chi connectivity index (χ1v) is 7.00. The summed E-state index contributed by atoms with van der Waals surface area (Å²) < 4.78 is 24.6. The molecule has 0 atom stereocenters. The number of halogens is 2. The van der Waals surface area contributed by atoms with Gasteiger partial charge in [-0.05, 0) is 46.3 Å². The van der Waals surface area contributed by atoms with Crippen molar-refractivity contribution in [2.24, 2.45) is 0 Å². The fourth-order valence-electron chi connectivity index (χ4n) is 1.63. The first-order valence-electron chi connectivity index (χ1n) is 6.21. The van der Waals surface area contributed by atoms with Crippen molar-refractivity contribution in [2.75, 3.05) is 18.9 Å². The summed E-state index contributed by atoms with van der Waals surface area (Å²) >= 11 is 3.25. The summed E-state index contributed by atoms with van der Waals surface area (Å²) in [5.41, 5.74) is 6.33.